The molecule has 86 valence electrons. The van der Waals surface area contributed by atoms with Gasteiger partial charge in [0, 0.05) is 16.8 Å². The maximum Gasteiger partial charge on any atom is 0.273 e. The van der Waals surface area contributed by atoms with Gasteiger partial charge < -0.3 is 5.11 Å². The molecule has 0 radical (unpaired) electrons. The number of carbonyl (C=O) groups is 1. The van der Waals surface area contributed by atoms with Crippen LogP contribution in [-0.4, -0.2) is 17.2 Å². The number of aliphatic hydroxyl groups excluding tert-OH is 1. The lowest BCUT2D eigenvalue weighted by Crippen LogP contribution is -2.25. The fraction of sp³-hybridized carbons (Fsp3) is 0.273. The summed E-state index contributed by atoms with van der Waals surface area (Å²) in [4.78, 5) is 11.4. The Bertz CT molecular complexity index is 393. The number of hydrazone groups is 1. The Balaban J connectivity index is 2.71. The van der Waals surface area contributed by atoms with Crippen LogP contribution < -0.4 is 5.43 Å². The van der Waals surface area contributed by atoms with E-state index in [1.165, 1.54) is 6.21 Å². The molecule has 0 heterocycles. The summed E-state index contributed by atoms with van der Waals surface area (Å²) in [6, 6.07) is 6.64. The van der Waals surface area contributed by atoms with Crippen molar-refractivity contribution in [1.29, 1.82) is 0 Å². The van der Waals surface area contributed by atoms with E-state index in [9.17, 15) is 9.90 Å². The van der Waals surface area contributed by atoms with Crippen molar-refractivity contribution >= 4 is 23.7 Å². The van der Waals surface area contributed by atoms with Gasteiger partial charge in [0.2, 0.25) is 0 Å². The first-order chi connectivity index (χ1) is 7.66. The van der Waals surface area contributed by atoms with Gasteiger partial charge in [-0.3, -0.25) is 4.79 Å². The number of nitrogens with one attached hydrogen (secondary N) is 1. The Morgan fingerprint density at radius 2 is 2.31 bits per heavy atom. The van der Waals surface area contributed by atoms with Crippen LogP contribution >= 0.6 is 11.6 Å². The van der Waals surface area contributed by atoms with Crippen molar-refractivity contribution in [2.24, 2.45) is 5.10 Å². The van der Waals surface area contributed by atoms with E-state index >= 15 is 0 Å². The van der Waals surface area contributed by atoms with Gasteiger partial charge in [-0.25, -0.2) is 5.43 Å². The standard InChI is InChI=1S/C11H13ClN2O2/c1-2-7-13-14-11(16)10(15)8-5-3-4-6-9(8)12/h3-7,10,15H,2H2,1H3,(H,14,16). The van der Waals surface area contributed by atoms with Crippen LogP contribution in [0.3, 0.4) is 0 Å². The zero-order chi connectivity index (χ0) is 12.0. The number of carbonyl (C=O) groups excluding carboxylic acids is 1. The molecule has 16 heavy (non-hydrogen) atoms. The predicted molar refractivity (Wildman–Crippen MR) is 63.3 cm³/mol. The zero-order valence-electron chi connectivity index (χ0n) is 8.85. The first kappa shape index (κ1) is 12.7. The summed E-state index contributed by atoms with van der Waals surface area (Å²) >= 11 is 5.85. The molecule has 0 bridgehead atoms. The number of amides is 1. The van der Waals surface area contributed by atoms with Gasteiger partial charge in [0.25, 0.3) is 5.91 Å². The molecule has 0 aliphatic heterocycles. The van der Waals surface area contributed by atoms with Crippen LogP contribution in [0.15, 0.2) is 29.4 Å². The lowest BCUT2D eigenvalue weighted by atomic mass is 10.1. The molecule has 2 N–H and O–H groups in total. The molecule has 1 aromatic carbocycles. The van der Waals surface area contributed by atoms with E-state index in [2.05, 4.69) is 10.5 Å². The van der Waals surface area contributed by atoms with Gasteiger partial charge >= 0.3 is 0 Å². The van der Waals surface area contributed by atoms with Crippen molar-refractivity contribution in [3.8, 4) is 0 Å². The summed E-state index contributed by atoms with van der Waals surface area (Å²) in [5.41, 5.74) is 2.60. The van der Waals surface area contributed by atoms with Gasteiger partial charge in [0.1, 0.15) is 0 Å². The summed E-state index contributed by atoms with van der Waals surface area (Å²) in [5, 5.41) is 13.7. The highest BCUT2D eigenvalue weighted by Gasteiger charge is 2.18. The van der Waals surface area contributed by atoms with Crippen LogP contribution in [0.1, 0.15) is 25.0 Å². The number of hydrogen-bond donors (Lipinski definition) is 2. The number of aliphatic hydroxyl groups is 1. The van der Waals surface area contributed by atoms with Crippen molar-refractivity contribution in [2.45, 2.75) is 19.4 Å². The molecular formula is C11H13ClN2O2. The SMILES string of the molecule is CCC=NNC(=O)C(O)c1ccccc1Cl. The molecule has 5 heteroatoms. The van der Waals surface area contributed by atoms with E-state index in [1.54, 1.807) is 24.3 Å². The Morgan fingerprint density at radius 1 is 1.62 bits per heavy atom. The quantitative estimate of drug-likeness (QED) is 0.624. The average molecular weight is 241 g/mol. The average Bonchev–Trinajstić information content (AvgIpc) is 2.29. The zero-order valence-corrected chi connectivity index (χ0v) is 9.61. The van der Waals surface area contributed by atoms with Crippen LogP contribution in [0.25, 0.3) is 0 Å². The van der Waals surface area contributed by atoms with Gasteiger partial charge in [0.05, 0.1) is 0 Å². The summed E-state index contributed by atoms with van der Waals surface area (Å²) in [7, 11) is 0. The minimum atomic E-state index is -1.30. The number of rotatable bonds is 4. The third kappa shape index (κ3) is 3.32. The highest BCUT2D eigenvalue weighted by molar-refractivity contribution is 6.31. The molecule has 0 aromatic heterocycles. The maximum atomic E-state index is 11.4. The van der Waals surface area contributed by atoms with Crippen LogP contribution in [0.4, 0.5) is 0 Å². The topological polar surface area (TPSA) is 61.7 Å². The summed E-state index contributed by atoms with van der Waals surface area (Å²) in [6.07, 6.45) is 0.947. The molecule has 1 amide bonds. The molecule has 1 atom stereocenters. The lowest BCUT2D eigenvalue weighted by molar-refractivity contribution is -0.129. The molecule has 0 spiro atoms. The van der Waals surface area contributed by atoms with Gasteiger partial charge in [-0.2, -0.15) is 5.10 Å². The van der Waals surface area contributed by atoms with Crippen molar-refractivity contribution < 1.29 is 9.90 Å². The molecule has 1 rings (SSSR count). The Kier molecular flexibility index (Phi) is 4.95. The summed E-state index contributed by atoms with van der Waals surface area (Å²) in [5.74, 6) is -0.599. The second-order valence-electron chi connectivity index (χ2n) is 3.12. The number of nitrogens with zero attached hydrogens (tertiary/aromatic N) is 1. The van der Waals surface area contributed by atoms with Gasteiger partial charge in [0.15, 0.2) is 6.10 Å². The van der Waals surface area contributed by atoms with Crippen LogP contribution in [0, 0.1) is 0 Å². The Hall–Kier alpha value is -1.39. The largest absolute Gasteiger partial charge is 0.378 e. The van der Waals surface area contributed by atoms with E-state index < -0.39 is 12.0 Å². The Labute approximate surface area is 98.9 Å². The molecular weight excluding hydrogens is 228 g/mol. The smallest absolute Gasteiger partial charge is 0.273 e. The normalized spacial score (nSPS) is 12.7. The van der Waals surface area contributed by atoms with Crippen LogP contribution in [-0.2, 0) is 4.79 Å². The number of halogens is 1. The maximum absolute atomic E-state index is 11.4. The van der Waals surface area contributed by atoms with Crippen molar-refractivity contribution in [3.05, 3.63) is 34.9 Å². The number of benzene rings is 1. The highest BCUT2D eigenvalue weighted by Crippen LogP contribution is 2.22. The molecule has 1 aromatic rings. The minimum Gasteiger partial charge on any atom is -0.378 e. The molecule has 0 saturated carbocycles. The van der Waals surface area contributed by atoms with Crippen molar-refractivity contribution in [3.63, 3.8) is 0 Å². The summed E-state index contributed by atoms with van der Waals surface area (Å²) < 4.78 is 0. The first-order valence-corrected chi connectivity index (χ1v) is 5.28. The summed E-state index contributed by atoms with van der Waals surface area (Å²) in [6.45, 7) is 1.89. The van der Waals surface area contributed by atoms with Crippen LogP contribution in [0.2, 0.25) is 5.02 Å². The second kappa shape index (κ2) is 6.25. The molecule has 1 unspecified atom stereocenters. The number of hydrogen-bond acceptors (Lipinski definition) is 3. The Morgan fingerprint density at radius 3 is 2.94 bits per heavy atom. The first-order valence-electron chi connectivity index (χ1n) is 4.90. The predicted octanol–water partition coefficient (Wildman–Crippen LogP) is 1.89. The van der Waals surface area contributed by atoms with Gasteiger partial charge in [-0.15, -0.1) is 0 Å². The van der Waals surface area contributed by atoms with E-state index in [0.717, 1.165) is 0 Å². The third-order valence-electron chi connectivity index (χ3n) is 1.90. The van der Waals surface area contributed by atoms with Crippen LogP contribution in [0.5, 0.6) is 0 Å². The second-order valence-corrected chi connectivity index (χ2v) is 3.53. The molecule has 0 saturated heterocycles. The minimum absolute atomic E-state index is 0.352. The van der Waals surface area contributed by atoms with Crippen molar-refractivity contribution in [2.75, 3.05) is 0 Å². The van der Waals surface area contributed by atoms with E-state index in [4.69, 9.17) is 11.6 Å². The van der Waals surface area contributed by atoms with E-state index in [1.807, 2.05) is 6.92 Å². The highest BCUT2D eigenvalue weighted by atomic mass is 35.5. The molecule has 4 nitrogen and oxygen atoms in total. The lowest BCUT2D eigenvalue weighted by Gasteiger charge is -2.10. The molecule has 0 fully saturated rings. The third-order valence-corrected chi connectivity index (χ3v) is 2.24. The molecule has 0 aliphatic rings. The van der Waals surface area contributed by atoms with Crippen molar-refractivity contribution in [1.82, 2.24) is 5.43 Å². The fourth-order valence-electron chi connectivity index (χ4n) is 1.10. The van der Waals surface area contributed by atoms with E-state index in [0.29, 0.717) is 17.0 Å². The fourth-order valence-corrected chi connectivity index (χ4v) is 1.34. The van der Waals surface area contributed by atoms with E-state index in [-0.39, 0.29) is 0 Å². The van der Waals surface area contributed by atoms with Gasteiger partial charge in [-0.1, -0.05) is 36.7 Å². The van der Waals surface area contributed by atoms with Gasteiger partial charge in [-0.05, 0) is 12.5 Å². The molecule has 0 aliphatic carbocycles. The monoisotopic (exact) mass is 240 g/mol.